The molecule has 1 saturated carbocycles. The van der Waals surface area contributed by atoms with Crippen molar-refractivity contribution in [3.63, 3.8) is 0 Å². The fourth-order valence-electron chi connectivity index (χ4n) is 2.43. The molecule has 1 fully saturated rings. The van der Waals surface area contributed by atoms with Crippen LogP contribution in [0.2, 0.25) is 0 Å². The Bertz CT molecular complexity index is 468. The first-order valence-corrected chi connectivity index (χ1v) is 5.71. The molecule has 2 nitrogen and oxygen atoms in total. The molecule has 2 rings (SSSR count). The lowest BCUT2D eigenvalue weighted by atomic mass is 9.86. The molecule has 0 aromatic heterocycles. The van der Waals surface area contributed by atoms with E-state index < -0.39 is 11.4 Å². The summed E-state index contributed by atoms with van der Waals surface area (Å²) in [7, 11) is 0. The van der Waals surface area contributed by atoms with Crippen LogP contribution in [0, 0.1) is 27.7 Å². The minimum Gasteiger partial charge on any atom is -0.481 e. The molecule has 0 aliphatic heterocycles. The van der Waals surface area contributed by atoms with Gasteiger partial charge in [-0.05, 0) is 68.4 Å². The zero-order valence-electron chi connectivity index (χ0n) is 10.3. The number of hydrogen-bond donors (Lipinski definition) is 1. The molecule has 1 N–H and O–H groups in total. The summed E-state index contributed by atoms with van der Waals surface area (Å²) < 4.78 is 0. The Morgan fingerprint density at radius 2 is 1.69 bits per heavy atom. The van der Waals surface area contributed by atoms with Gasteiger partial charge in [0.1, 0.15) is 0 Å². The Hall–Kier alpha value is -1.31. The van der Waals surface area contributed by atoms with Crippen LogP contribution in [0.5, 0.6) is 0 Å². The van der Waals surface area contributed by atoms with Gasteiger partial charge in [-0.3, -0.25) is 4.79 Å². The van der Waals surface area contributed by atoms with Gasteiger partial charge in [-0.1, -0.05) is 6.07 Å². The SMILES string of the molecule is Cc1cc(C2(C(=O)O)CC2)c(C)c(C)c1C. The molecule has 0 heterocycles. The molecular weight excluding hydrogens is 200 g/mol. The average molecular weight is 218 g/mol. The van der Waals surface area contributed by atoms with Crippen molar-refractivity contribution >= 4 is 5.97 Å². The van der Waals surface area contributed by atoms with E-state index in [0.29, 0.717) is 0 Å². The van der Waals surface area contributed by atoms with Gasteiger partial charge in [-0.25, -0.2) is 0 Å². The highest BCUT2D eigenvalue weighted by Gasteiger charge is 2.52. The molecule has 86 valence electrons. The Balaban J connectivity index is 2.63. The van der Waals surface area contributed by atoms with Crippen molar-refractivity contribution in [3.8, 4) is 0 Å². The molecule has 0 radical (unpaired) electrons. The van der Waals surface area contributed by atoms with Gasteiger partial charge in [-0.2, -0.15) is 0 Å². The van der Waals surface area contributed by atoms with Gasteiger partial charge in [0, 0.05) is 0 Å². The van der Waals surface area contributed by atoms with Crippen molar-refractivity contribution in [1.82, 2.24) is 0 Å². The number of carboxylic acids is 1. The van der Waals surface area contributed by atoms with Gasteiger partial charge in [0.05, 0.1) is 5.41 Å². The Labute approximate surface area is 96.3 Å². The van der Waals surface area contributed by atoms with Crippen molar-refractivity contribution in [1.29, 1.82) is 0 Å². The van der Waals surface area contributed by atoms with E-state index in [1.807, 2.05) is 6.92 Å². The van der Waals surface area contributed by atoms with Crippen LogP contribution in [-0.2, 0) is 10.2 Å². The second-order valence-corrected chi connectivity index (χ2v) is 5.00. The highest BCUT2D eigenvalue weighted by molar-refractivity contribution is 5.85. The number of rotatable bonds is 2. The van der Waals surface area contributed by atoms with Gasteiger partial charge >= 0.3 is 5.97 Å². The predicted octanol–water partition coefficient (Wildman–Crippen LogP) is 3.04. The number of carboxylic acid groups (broad SMARTS) is 1. The minimum absolute atomic E-state index is 0.576. The highest BCUT2D eigenvalue weighted by Crippen LogP contribution is 2.50. The molecule has 0 amide bonds. The first-order chi connectivity index (χ1) is 7.40. The van der Waals surface area contributed by atoms with E-state index in [2.05, 4.69) is 26.8 Å². The van der Waals surface area contributed by atoms with E-state index >= 15 is 0 Å². The Morgan fingerprint density at radius 3 is 2.12 bits per heavy atom. The third-order valence-corrected chi connectivity index (χ3v) is 4.16. The van der Waals surface area contributed by atoms with Crippen LogP contribution in [0.3, 0.4) is 0 Å². The maximum Gasteiger partial charge on any atom is 0.314 e. The molecule has 1 aromatic rings. The topological polar surface area (TPSA) is 37.3 Å². The summed E-state index contributed by atoms with van der Waals surface area (Å²) in [5.74, 6) is -0.668. The van der Waals surface area contributed by atoms with Crippen LogP contribution >= 0.6 is 0 Å². The largest absolute Gasteiger partial charge is 0.481 e. The average Bonchev–Trinajstić information content (AvgIpc) is 3.01. The summed E-state index contributed by atoms with van der Waals surface area (Å²) in [4.78, 5) is 11.3. The summed E-state index contributed by atoms with van der Waals surface area (Å²) in [6, 6.07) is 2.07. The van der Waals surface area contributed by atoms with Crippen molar-refractivity contribution in [2.45, 2.75) is 46.0 Å². The van der Waals surface area contributed by atoms with Crippen molar-refractivity contribution in [2.24, 2.45) is 0 Å². The second-order valence-electron chi connectivity index (χ2n) is 5.00. The van der Waals surface area contributed by atoms with Crippen LogP contribution in [0.15, 0.2) is 6.07 Å². The number of carbonyl (C=O) groups is 1. The Kier molecular flexibility index (Phi) is 2.33. The minimum atomic E-state index is -0.668. The molecule has 1 aromatic carbocycles. The maximum absolute atomic E-state index is 11.3. The van der Waals surface area contributed by atoms with Gasteiger partial charge in [0.15, 0.2) is 0 Å². The lowest BCUT2D eigenvalue weighted by molar-refractivity contribution is -0.140. The van der Waals surface area contributed by atoms with E-state index in [9.17, 15) is 9.90 Å². The van der Waals surface area contributed by atoms with Crippen LogP contribution in [0.25, 0.3) is 0 Å². The van der Waals surface area contributed by atoms with Crippen LogP contribution < -0.4 is 0 Å². The van der Waals surface area contributed by atoms with Crippen molar-refractivity contribution in [2.75, 3.05) is 0 Å². The lowest BCUT2D eigenvalue weighted by Gasteiger charge is -2.19. The van der Waals surface area contributed by atoms with E-state index in [0.717, 1.165) is 24.0 Å². The summed E-state index contributed by atoms with van der Waals surface area (Å²) in [5.41, 5.74) is 5.33. The molecule has 1 aliphatic carbocycles. The monoisotopic (exact) mass is 218 g/mol. The molecule has 0 bridgehead atoms. The predicted molar refractivity (Wildman–Crippen MR) is 63.9 cm³/mol. The zero-order chi connectivity index (χ0) is 12.1. The Morgan fingerprint density at radius 1 is 1.12 bits per heavy atom. The summed E-state index contributed by atoms with van der Waals surface area (Å²) in [6.45, 7) is 8.28. The van der Waals surface area contributed by atoms with Crippen molar-refractivity contribution in [3.05, 3.63) is 33.9 Å². The quantitative estimate of drug-likeness (QED) is 0.828. The third-order valence-electron chi connectivity index (χ3n) is 4.16. The van der Waals surface area contributed by atoms with Gasteiger partial charge < -0.3 is 5.11 Å². The molecule has 0 unspecified atom stereocenters. The molecule has 1 aliphatic rings. The number of hydrogen-bond acceptors (Lipinski definition) is 1. The summed E-state index contributed by atoms with van der Waals surface area (Å²) in [6.07, 6.45) is 1.57. The van der Waals surface area contributed by atoms with Gasteiger partial charge in [0.25, 0.3) is 0 Å². The fraction of sp³-hybridized carbons (Fsp3) is 0.500. The smallest absolute Gasteiger partial charge is 0.314 e. The van der Waals surface area contributed by atoms with Crippen molar-refractivity contribution < 1.29 is 9.90 Å². The molecule has 0 saturated heterocycles. The lowest BCUT2D eigenvalue weighted by Crippen LogP contribution is -2.21. The fourth-order valence-corrected chi connectivity index (χ4v) is 2.43. The standard InChI is InChI=1S/C14H18O2/c1-8-7-12(11(4)10(3)9(8)2)14(5-6-14)13(15)16/h7H,5-6H2,1-4H3,(H,15,16). The number of aliphatic carboxylic acids is 1. The normalized spacial score (nSPS) is 17.2. The maximum atomic E-state index is 11.3. The van der Waals surface area contributed by atoms with Gasteiger partial charge in [0.2, 0.25) is 0 Å². The summed E-state index contributed by atoms with van der Waals surface area (Å²) >= 11 is 0. The first-order valence-electron chi connectivity index (χ1n) is 5.71. The van der Waals surface area contributed by atoms with E-state index in [1.54, 1.807) is 0 Å². The first kappa shape index (κ1) is 11.2. The van der Waals surface area contributed by atoms with E-state index in [1.165, 1.54) is 16.7 Å². The molecular formula is C14H18O2. The van der Waals surface area contributed by atoms with Crippen LogP contribution in [0.1, 0.15) is 40.7 Å². The van der Waals surface area contributed by atoms with Crippen LogP contribution in [-0.4, -0.2) is 11.1 Å². The molecule has 2 heteroatoms. The summed E-state index contributed by atoms with van der Waals surface area (Å²) in [5, 5.41) is 9.33. The van der Waals surface area contributed by atoms with Crippen LogP contribution in [0.4, 0.5) is 0 Å². The zero-order valence-corrected chi connectivity index (χ0v) is 10.3. The molecule has 0 atom stereocenters. The molecule has 0 spiro atoms. The molecule has 16 heavy (non-hydrogen) atoms. The van der Waals surface area contributed by atoms with E-state index in [-0.39, 0.29) is 0 Å². The second kappa shape index (κ2) is 3.34. The number of aryl methyl sites for hydroxylation is 1. The third kappa shape index (κ3) is 1.36. The van der Waals surface area contributed by atoms with Gasteiger partial charge in [-0.15, -0.1) is 0 Å². The highest BCUT2D eigenvalue weighted by atomic mass is 16.4. The van der Waals surface area contributed by atoms with E-state index in [4.69, 9.17) is 0 Å². The number of benzene rings is 1.